The molecule has 0 bridgehead atoms. The zero-order valence-electron chi connectivity index (χ0n) is 13.4. The van der Waals surface area contributed by atoms with Crippen LogP contribution in [0.2, 0.25) is 5.02 Å². The van der Waals surface area contributed by atoms with Crippen molar-refractivity contribution in [2.24, 2.45) is 0 Å². The predicted octanol–water partition coefficient (Wildman–Crippen LogP) is 3.33. The van der Waals surface area contributed by atoms with Gasteiger partial charge in [0.25, 0.3) is 0 Å². The Labute approximate surface area is 127 Å². The second kappa shape index (κ2) is 4.72. The van der Waals surface area contributed by atoms with Crippen LogP contribution in [0.1, 0.15) is 54.0 Å². The molecule has 110 valence electrons. The third-order valence-corrected chi connectivity index (χ3v) is 4.51. The quantitative estimate of drug-likeness (QED) is 0.745. The van der Waals surface area contributed by atoms with Gasteiger partial charge in [-0.25, -0.2) is 0 Å². The molecule has 1 aromatic rings. The topological polar surface area (TPSA) is 31.4 Å². The number of rotatable bonds is 1. The lowest BCUT2D eigenvalue weighted by Crippen LogP contribution is -2.41. The van der Waals surface area contributed by atoms with Gasteiger partial charge in [0.1, 0.15) is 0 Å². The third kappa shape index (κ3) is 2.74. The van der Waals surface area contributed by atoms with Gasteiger partial charge in [-0.3, -0.25) is 4.98 Å². The van der Waals surface area contributed by atoms with Crippen LogP contribution in [0.4, 0.5) is 0 Å². The van der Waals surface area contributed by atoms with Gasteiger partial charge in [0, 0.05) is 6.20 Å². The van der Waals surface area contributed by atoms with Crippen molar-refractivity contribution < 1.29 is 9.31 Å². The van der Waals surface area contributed by atoms with E-state index in [1.54, 1.807) is 0 Å². The molecule has 0 unspecified atom stereocenters. The lowest BCUT2D eigenvalue weighted by atomic mass is 9.82. The highest BCUT2D eigenvalue weighted by Crippen LogP contribution is 2.37. The normalized spacial score (nSPS) is 21.3. The van der Waals surface area contributed by atoms with Crippen LogP contribution in [0.25, 0.3) is 0 Å². The van der Waals surface area contributed by atoms with Gasteiger partial charge in [-0.1, -0.05) is 32.4 Å². The molecule has 0 atom stereocenters. The standard InChI is InChI=1S/C15H23BClNO2/c1-13(2,3)10-8-11(17)12(18-9-10)16-19-14(4,5)15(6,7)20-16/h8-9H,1-7H3. The van der Waals surface area contributed by atoms with Crippen molar-refractivity contribution in [1.29, 1.82) is 0 Å². The summed E-state index contributed by atoms with van der Waals surface area (Å²) in [7, 11) is -0.512. The summed E-state index contributed by atoms with van der Waals surface area (Å²) in [5.41, 5.74) is 1.00. The molecule has 1 aliphatic rings. The molecule has 0 amide bonds. The van der Waals surface area contributed by atoms with E-state index in [-0.39, 0.29) is 16.6 Å². The molecule has 1 aliphatic heterocycles. The first kappa shape index (κ1) is 15.8. The number of hydrogen-bond donors (Lipinski definition) is 0. The molecule has 1 fully saturated rings. The fraction of sp³-hybridized carbons (Fsp3) is 0.667. The molecule has 3 nitrogen and oxygen atoms in total. The summed E-state index contributed by atoms with van der Waals surface area (Å²) in [6.45, 7) is 14.5. The molecular formula is C15H23BClNO2. The van der Waals surface area contributed by atoms with E-state index < -0.39 is 7.12 Å². The molecule has 2 heterocycles. The Balaban J connectivity index is 2.33. The number of aromatic nitrogens is 1. The van der Waals surface area contributed by atoms with Crippen LogP contribution >= 0.6 is 11.6 Å². The van der Waals surface area contributed by atoms with Crippen molar-refractivity contribution in [1.82, 2.24) is 4.98 Å². The highest BCUT2D eigenvalue weighted by atomic mass is 35.5. The minimum atomic E-state index is -0.512. The van der Waals surface area contributed by atoms with Crippen LogP contribution in [0.15, 0.2) is 12.3 Å². The number of hydrogen-bond acceptors (Lipinski definition) is 3. The molecule has 0 saturated carbocycles. The number of halogens is 1. The van der Waals surface area contributed by atoms with Crippen molar-refractivity contribution >= 4 is 24.3 Å². The van der Waals surface area contributed by atoms with Crippen molar-refractivity contribution in [3.05, 3.63) is 22.8 Å². The monoisotopic (exact) mass is 295 g/mol. The Morgan fingerprint density at radius 2 is 1.60 bits per heavy atom. The number of pyridine rings is 1. The summed E-state index contributed by atoms with van der Waals surface area (Å²) in [5.74, 6) is 0. The zero-order chi connectivity index (χ0) is 15.3. The van der Waals surface area contributed by atoms with E-state index in [0.717, 1.165) is 5.56 Å². The molecule has 0 N–H and O–H groups in total. The maximum absolute atomic E-state index is 6.38. The Kier molecular flexibility index (Phi) is 3.73. The second-order valence-corrected chi connectivity index (χ2v) is 7.84. The SMILES string of the molecule is CC(C)(C)c1cnc(B2OC(C)(C)C(C)(C)O2)c(Cl)c1. The molecule has 1 saturated heterocycles. The van der Waals surface area contributed by atoms with Gasteiger partial charge in [-0.2, -0.15) is 0 Å². The molecular weight excluding hydrogens is 272 g/mol. The molecule has 0 aromatic carbocycles. The Morgan fingerprint density at radius 1 is 1.10 bits per heavy atom. The summed E-state index contributed by atoms with van der Waals surface area (Å²) in [5, 5.41) is 0.593. The van der Waals surface area contributed by atoms with Crippen LogP contribution in [0.3, 0.4) is 0 Å². The molecule has 0 aliphatic carbocycles. The molecule has 20 heavy (non-hydrogen) atoms. The first-order valence-electron chi connectivity index (χ1n) is 6.96. The van der Waals surface area contributed by atoms with E-state index >= 15 is 0 Å². The summed E-state index contributed by atoms with van der Waals surface area (Å²) in [6.07, 6.45) is 1.85. The van der Waals surface area contributed by atoms with E-state index in [9.17, 15) is 0 Å². The summed E-state index contributed by atoms with van der Waals surface area (Å²) < 4.78 is 12.0. The van der Waals surface area contributed by atoms with Crippen molar-refractivity contribution in [2.45, 2.75) is 65.1 Å². The summed E-state index contributed by atoms with van der Waals surface area (Å²) in [4.78, 5) is 4.48. The summed E-state index contributed by atoms with van der Waals surface area (Å²) in [6, 6.07) is 1.95. The second-order valence-electron chi connectivity index (χ2n) is 7.43. The lowest BCUT2D eigenvalue weighted by Gasteiger charge is -2.32. The van der Waals surface area contributed by atoms with Gasteiger partial charge in [0.15, 0.2) is 0 Å². The van der Waals surface area contributed by atoms with Crippen LogP contribution in [0.5, 0.6) is 0 Å². The maximum Gasteiger partial charge on any atom is 0.516 e. The lowest BCUT2D eigenvalue weighted by molar-refractivity contribution is 0.00578. The summed E-state index contributed by atoms with van der Waals surface area (Å²) >= 11 is 6.38. The van der Waals surface area contributed by atoms with Gasteiger partial charge >= 0.3 is 7.12 Å². The molecule has 0 spiro atoms. The first-order chi connectivity index (χ1) is 8.94. The van der Waals surface area contributed by atoms with E-state index in [1.165, 1.54) is 0 Å². The van der Waals surface area contributed by atoms with Crippen LogP contribution in [-0.2, 0) is 14.7 Å². The van der Waals surface area contributed by atoms with Crippen molar-refractivity contribution in [3.8, 4) is 0 Å². The Hall–Kier alpha value is -0.575. The Bertz CT molecular complexity index is 507. The van der Waals surface area contributed by atoms with Crippen molar-refractivity contribution in [2.75, 3.05) is 0 Å². The van der Waals surface area contributed by atoms with Crippen molar-refractivity contribution in [3.63, 3.8) is 0 Å². The molecule has 2 rings (SSSR count). The smallest absolute Gasteiger partial charge is 0.398 e. The molecule has 1 aromatic heterocycles. The van der Waals surface area contributed by atoms with E-state index in [2.05, 4.69) is 25.8 Å². The zero-order valence-corrected chi connectivity index (χ0v) is 14.1. The van der Waals surface area contributed by atoms with Gasteiger partial charge in [0.2, 0.25) is 0 Å². The highest BCUT2D eigenvalue weighted by molar-refractivity contribution is 6.64. The molecule has 5 heteroatoms. The fourth-order valence-electron chi connectivity index (χ4n) is 1.99. The fourth-order valence-corrected chi connectivity index (χ4v) is 2.24. The molecule has 0 radical (unpaired) electrons. The minimum Gasteiger partial charge on any atom is -0.398 e. The predicted molar refractivity (Wildman–Crippen MR) is 83.7 cm³/mol. The van der Waals surface area contributed by atoms with Gasteiger partial charge in [-0.15, -0.1) is 0 Å². The van der Waals surface area contributed by atoms with E-state index in [4.69, 9.17) is 20.9 Å². The first-order valence-corrected chi connectivity index (χ1v) is 7.33. The highest BCUT2D eigenvalue weighted by Gasteiger charge is 2.53. The third-order valence-electron chi connectivity index (χ3n) is 4.21. The number of nitrogens with zero attached hydrogens (tertiary/aromatic N) is 1. The minimum absolute atomic E-state index is 0.0190. The van der Waals surface area contributed by atoms with Crippen LogP contribution in [-0.4, -0.2) is 23.3 Å². The van der Waals surface area contributed by atoms with E-state index in [0.29, 0.717) is 10.6 Å². The van der Waals surface area contributed by atoms with E-state index in [1.807, 2.05) is 40.0 Å². The van der Waals surface area contributed by atoms with Gasteiger partial charge in [-0.05, 0) is 44.7 Å². The van der Waals surface area contributed by atoms with Crippen LogP contribution in [0, 0.1) is 0 Å². The average Bonchev–Trinajstić information content (AvgIpc) is 2.46. The average molecular weight is 296 g/mol. The largest absolute Gasteiger partial charge is 0.516 e. The van der Waals surface area contributed by atoms with Gasteiger partial charge < -0.3 is 9.31 Å². The van der Waals surface area contributed by atoms with Crippen LogP contribution < -0.4 is 5.59 Å². The maximum atomic E-state index is 6.38. The Morgan fingerprint density at radius 3 is 2.00 bits per heavy atom. The van der Waals surface area contributed by atoms with Gasteiger partial charge in [0.05, 0.1) is 21.8 Å².